The highest BCUT2D eigenvalue weighted by molar-refractivity contribution is 5.93. The lowest BCUT2D eigenvalue weighted by atomic mass is 10.2. The number of benzene rings is 2. The van der Waals surface area contributed by atoms with E-state index < -0.39 is 0 Å². The van der Waals surface area contributed by atoms with E-state index in [-0.39, 0.29) is 24.4 Å². The molecule has 28 heavy (non-hydrogen) atoms. The molecule has 3 aromatic rings. The normalized spacial score (nSPS) is 10.5. The quantitative estimate of drug-likeness (QED) is 0.603. The molecule has 0 aliphatic heterocycles. The topological polar surface area (TPSA) is 96.3 Å². The zero-order chi connectivity index (χ0) is 19.9. The van der Waals surface area contributed by atoms with Crippen LogP contribution in [0.3, 0.4) is 0 Å². The predicted molar refractivity (Wildman–Crippen MR) is 108 cm³/mol. The Morgan fingerprint density at radius 1 is 0.964 bits per heavy atom. The molecule has 0 saturated carbocycles. The van der Waals surface area contributed by atoms with Crippen LogP contribution in [0.5, 0.6) is 0 Å². The molecule has 0 bridgehead atoms. The Morgan fingerprint density at radius 2 is 1.61 bits per heavy atom. The molecule has 3 amide bonds. The molecule has 3 N–H and O–H groups in total. The molecule has 0 spiro atoms. The van der Waals surface area contributed by atoms with Crippen molar-refractivity contribution in [1.82, 2.24) is 10.3 Å². The summed E-state index contributed by atoms with van der Waals surface area (Å²) in [5.74, 6) is 0.282. The number of anilines is 2. The van der Waals surface area contributed by atoms with Gasteiger partial charge in [0.05, 0.1) is 12.1 Å². The van der Waals surface area contributed by atoms with E-state index in [0.29, 0.717) is 23.0 Å². The largest absolute Gasteiger partial charge is 0.444 e. The van der Waals surface area contributed by atoms with Crippen LogP contribution in [0.15, 0.2) is 65.3 Å². The first-order chi connectivity index (χ1) is 13.5. The maximum Gasteiger partial charge on any atom is 0.319 e. The lowest BCUT2D eigenvalue weighted by Gasteiger charge is -2.10. The Bertz CT molecular complexity index is 934. The van der Waals surface area contributed by atoms with Gasteiger partial charge in [-0.15, -0.1) is 0 Å². The molecule has 7 heteroatoms. The summed E-state index contributed by atoms with van der Waals surface area (Å²) in [7, 11) is 0. The molecule has 0 atom stereocenters. The predicted octanol–water partition coefficient (Wildman–Crippen LogP) is 4.05. The van der Waals surface area contributed by atoms with Crippen molar-refractivity contribution in [3.63, 3.8) is 0 Å². The number of nitrogens with zero attached hydrogens (tertiary/aromatic N) is 1. The fraction of sp³-hybridized carbons (Fsp3) is 0.190. The van der Waals surface area contributed by atoms with Crippen LogP contribution in [0.25, 0.3) is 11.5 Å². The van der Waals surface area contributed by atoms with E-state index in [1.807, 2.05) is 44.2 Å². The van der Waals surface area contributed by atoms with Crippen LogP contribution in [-0.2, 0) is 11.2 Å². The van der Waals surface area contributed by atoms with Crippen molar-refractivity contribution < 1.29 is 14.0 Å². The highest BCUT2D eigenvalue weighted by Crippen LogP contribution is 2.19. The molecular weight excluding hydrogens is 356 g/mol. The number of hydrogen-bond acceptors (Lipinski definition) is 4. The molecule has 0 radical (unpaired) electrons. The lowest BCUT2D eigenvalue weighted by Crippen LogP contribution is -2.34. The van der Waals surface area contributed by atoms with Gasteiger partial charge >= 0.3 is 6.03 Å². The first kappa shape index (κ1) is 19.2. The summed E-state index contributed by atoms with van der Waals surface area (Å²) in [5, 5.41) is 8.27. The van der Waals surface area contributed by atoms with E-state index in [2.05, 4.69) is 20.9 Å². The standard InChI is InChI=1S/C21H22N4O3/c1-14(2)22-21(27)25-17-10-8-16(9-11-17)23-19(26)12-18-13-28-20(24-18)15-6-4-3-5-7-15/h3-11,13-14H,12H2,1-2H3,(H,23,26)(H2,22,25,27). The van der Waals surface area contributed by atoms with Gasteiger partial charge in [-0.1, -0.05) is 18.2 Å². The van der Waals surface area contributed by atoms with Crippen molar-refractivity contribution in [3.05, 3.63) is 66.6 Å². The zero-order valence-electron chi connectivity index (χ0n) is 15.7. The highest BCUT2D eigenvalue weighted by atomic mass is 16.3. The van der Waals surface area contributed by atoms with Crippen LogP contribution in [0.1, 0.15) is 19.5 Å². The van der Waals surface area contributed by atoms with Crippen molar-refractivity contribution in [2.24, 2.45) is 0 Å². The minimum atomic E-state index is -0.271. The first-order valence-corrected chi connectivity index (χ1v) is 8.97. The Kier molecular flexibility index (Phi) is 6.06. The molecule has 144 valence electrons. The van der Waals surface area contributed by atoms with Gasteiger partial charge in [-0.25, -0.2) is 9.78 Å². The van der Waals surface area contributed by atoms with E-state index in [1.165, 1.54) is 6.26 Å². The number of carbonyl (C=O) groups is 2. The Labute approximate surface area is 163 Å². The van der Waals surface area contributed by atoms with Gasteiger partial charge in [-0.3, -0.25) is 4.79 Å². The number of rotatable bonds is 6. The fourth-order valence-corrected chi connectivity index (χ4v) is 2.54. The van der Waals surface area contributed by atoms with Crippen LogP contribution >= 0.6 is 0 Å². The second kappa shape index (κ2) is 8.85. The van der Waals surface area contributed by atoms with Gasteiger partial charge in [-0.05, 0) is 50.2 Å². The van der Waals surface area contributed by atoms with Crippen molar-refractivity contribution in [2.45, 2.75) is 26.3 Å². The van der Waals surface area contributed by atoms with Gasteiger partial charge < -0.3 is 20.4 Å². The second-order valence-electron chi connectivity index (χ2n) is 6.57. The number of nitrogens with one attached hydrogen (secondary N) is 3. The maximum absolute atomic E-state index is 12.2. The third-order valence-corrected chi connectivity index (χ3v) is 3.76. The number of aromatic nitrogens is 1. The van der Waals surface area contributed by atoms with Gasteiger partial charge in [0.1, 0.15) is 6.26 Å². The Morgan fingerprint density at radius 3 is 2.25 bits per heavy atom. The van der Waals surface area contributed by atoms with Crippen molar-refractivity contribution in [2.75, 3.05) is 10.6 Å². The first-order valence-electron chi connectivity index (χ1n) is 8.97. The number of carbonyl (C=O) groups excluding carboxylic acids is 2. The molecule has 1 aromatic heterocycles. The zero-order valence-corrected chi connectivity index (χ0v) is 15.7. The van der Waals surface area contributed by atoms with Crippen LogP contribution in [0.2, 0.25) is 0 Å². The van der Waals surface area contributed by atoms with E-state index >= 15 is 0 Å². The van der Waals surface area contributed by atoms with Crippen LogP contribution in [0.4, 0.5) is 16.2 Å². The summed E-state index contributed by atoms with van der Waals surface area (Å²) >= 11 is 0. The number of urea groups is 1. The molecule has 0 unspecified atom stereocenters. The van der Waals surface area contributed by atoms with Gasteiger partial charge in [0.15, 0.2) is 0 Å². The molecule has 2 aromatic carbocycles. The van der Waals surface area contributed by atoms with Crippen LogP contribution in [-0.4, -0.2) is 23.0 Å². The number of oxazole rings is 1. The molecule has 0 saturated heterocycles. The third-order valence-electron chi connectivity index (χ3n) is 3.76. The van der Waals surface area contributed by atoms with Crippen molar-refractivity contribution in [3.8, 4) is 11.5 Å². The molecule has 3 rings (SSSR count). The van der Waals surface area contributed by atoms with Crippen LogP contribution < -0.4 is 16.0 Å². The summed E-state index contributed by atoms with van der Waals surface area (Å²) in [4.78, 5) is 28.3. The summed E-state index contributed by atoms with van der Waals surface area (Å²) in [6.45, 7) is 3.77. The van der Waals surface area contributed by atoms with E-state index in [4.69, 9.17) is 4.42 Å². The third kappa shape index (κ3) is 5.44. The summed E-state index contributed by atoms with van der Waals surface area (Å²) in [6.07, 6.45) is 1.59. The average molecular weight is 378 g/mol. The summed E-state index contributed by atoms with van der Waals surface area (Å²) in [6, 6.07) is 16.2. The minimum absolute atomic E-state index is 0.0532. The molecule has 7 nitrogen and oxygen atoms in total. The smallest absolute Gasteiger partial charge is 0.319 e. The number of hydrogen-bond donors (Lipinski definition) is 3. The molecular formula is C21H22N4O3. The fourth-order valence-electron chi connectivity index (χ4n) is 2.54. The van der Waals surface area contributed by atoms with Gasteiger partial charge in [0.2, 0.25) is 11.8 Å². The summed E-state index contributed by atoms with van der Waals surface area (Å²) < 4.78 is 5.44. The van der Waals surface area contributed by atoms with Crippen molar-refractivity contribution in [1.29, 1.82) is 0 Å². The van der Waals surface area contributed by atoms with Crippen LogP contribution in [0, 0.1) is 0 Å². The van der Waals surface area contributed by atoms with Crippen molar-refractivity contribution >= 4 is 23.3 Å². The van der Waals surface area contributed by atoms with Gasteiger partial charge in [0, 0.05) is 23.0 Å². The Hall–Kier alpha value is -3.61. The second-order valence-corrected chi connectivity index (χ2v) is 6.57. The average Bonchev–Trinajstić information content (AvgIpc) is 3.12. The lowest BCUT2D eigenvalue weighted by molar-refractivity contribution is -0.115. The van der Waals surface area contributed by atoms with E-state index in [0.717, 1.165) is 5.56 Å². The Balaban J connectivity index is 1.54. The minimum Gasteiger partial charge on any atom is -0.444 e. The van der Waals surface area contributed by atoms with Gasteiger partial charge in [0.25, 0.3) is 0 Å². The van der Waals surface area contributed by atoms with E-state index in [1.54, 1.807) is 24.3 Å². The number of amides is 3. The highest BCUT2D eigenvalue weighted by Gasteiger charge is 2.11. The maximum atomic E-state index is 12.2. The molecule has 1 heterocycles. The van der Waals surface area contributed by atoms with E-state index in [9.17, 15) is 9.59 Å². The molecule has 0 aliphatic rings. The van der Waals surface area contributed by atoms with Gasteiger partial charge in [-0.2, -0.15) is 0 Å². The summed E-state index contributed by atoms with van der Waals surface area (Å²) in [5.41, 5.74) is 2.69. The monoisotopic (exact) mass is 378 g/mol. The SMILES string of the molecule is CC(C)NC(=O)Nc1ccc(NC(=O)Cc2coc(-c3ccccc3)n2)cc1. The molecule has 0 aliphatic carbocycles. The molecule has 0 fully saturated rings.